The molecule has 14 heavy (non-hydrogen) atoms. The summed E-state index contributed by atoms with van der Waals surface area (Å²) in [5.74, 6) is -0.495. The van der Waals surface area contributed by atoms with Crippen molar-refractivity contribution in [3.8, 4) is 0 Å². The second-order valence-corrected chi connectivity index (χ2v) is 3.87. The lowest BCUT2D eigenvalue weighted by Gasteiger charge is -2.28. The van der Waals surface area contributed by atoms with Crippen molar-refractivity contribution >= 4 is 11.8 Å². The number of hydrogen-bond acceptors (Lipinski definition) is 4. The minimum Gasteiger partial charge on any atom is -0.466 e. The molecule has 2 atom stereocenters. The van der Waals surface area contributed by atoms with E-state index in [1.807, 2.05) is 6.92 Å². The van der Waals surface area contributed by atoms with E-state index in [1.165, 1.54) is 7.11 Å². The predicted octanol–water partition coefficient (Wildman–Crippen LogP) is 0.606. The number of Topliss-reactive ketones (excluding diaryl/α,β-unsaturated/α-hetero) is 1. The first-order valence-electron chi connectivity index (χ1n) is 4.57. The van der Waals surface area contributed by atoms with Gasteiger partial charge in [-0.15, -0.1) is 0 Å². The van der Waals surface area contributed by atoms with Crippen molar-refractivity contribution < 1.29 is 19.1 Å². The molecule has 2 unspecified atom stereocenters. The molecule has 2 rings (SSSR count). The van der Waals surface area contributed by atoms with E-state index < -0.39 is 17.7 Å². The molecular weight excluding hydrogens is 184 g/mol. The molecule has 1 saturated heterocycles. The fraction of sp³-hybridized carbons (Fsp3) is 0.600. The van der Waals surface area contributed by atoms with Crippen LogP contribution in [-0.4, -0.2) is 30.6 Å². The van der Waals surface area contributed by atoms with Gasteiger partial charge in [0.15, 0.2) is 5.78 Å². The summed E-state index contributed by atoms with van der Waals surface area (Å²) in [6.45, 7) is 1.88. The summed E-state index contributed by atoms with van der Waals surface area (Å²) < 4.78 is 10.1. The normalized spacial score (nSPS) is 35.4. The first-order chi connectivity index (χ1) is 6.56. The van der Waals surface area contributed by atoms with E-state index in [9.17, 15) is 9.59 Å². The molecule has 4 heteroatoms. The number of ether oxygens (including phenoxy) is 2. The molecule has 2 aliphatic heterocycles. The fourth-order valence-corrected chi connectivity index (χ4v) is 1.93. The molecule has 0 N–H and O–H groups in total. The van der Waals surface area contributed by atoms with Crippen LogP contribution < -0.4 is 0 Å². The SMILES string of the molecule is COC(=O)C1=CC2(C)CCC(=O)C1O2. The molecule has 0 saturated carbocycles. The number of esters is 1. The lowest BCUT2D eigenvalue weighted by molar-refractivity contribution is -0.146. The van der Waals surface area contributed by atoms with Crippen molar-refractivity contribution in [2.45, 2.75) is 31.5 Å². The van der Waals surface area contributed by atoms with Gasteiger partial charge >= 0.3 is 5.97 Å². The molecule has 0 aromatic carbocycles. The summed E-state index contributed by atoms with van der Waals surface area (Å²) in [5, 5.41) is 0. The number of carbonyl (C=O) groups is 2. The minimum atomic E-state index is -0.693. The van der Waals surface area contributed by atoms with E-state index in [0.717, 1.165) is 0 Å². The Bertz CT molecular complexity index is 331. The quantitative estimate of drug-likeness (QED) is 0.576. The Hall–Kier alpha value is -1.16. The molecule has 0 amide bonds. The Kier molecular flexibility index (Phi) is 1.96. The molecule has 0 radical (unpaired) electrons. The van der Waals surface area contributed by atoms with Gasteiger partial charge in [-0.2, -0.15) is 0 Å². The number of ketones is 1. The van der Waals surface area contributed by atoms with Crippen LogP contribution in [0.1, 0.15) is 19.8 Å². The maximum atomic E-state index is 11.5. The zero-order valence-electron chi connectivity index (χ0n) is 8.20. The zero-order chi connectivity index (χ0) is 10.3. The van der Waals surface area contributed by atoms with Crippen molar-refractivity contribution in [3.05, 3.63) is 11.6 Å². The molecule has 1 fully saturated rings. The Morgan fingerprint density at radius 1 is 1.71 bits per heavy atom. The third-order valence-electron chi connectivity index (χ3n) is 2.71. The van der Waals surface area contributed by atoms with Crippen LogP contribution in [0.25, 0.3) is 0 Å². The van der Waals surface area contributed by atoms with E-state index in [2.05, 4.69) is 4.74 Å². The lowest BCUT2D eigenvalue weighted by atomic mass is 9.98. The summed E-state index contributed by atoms with van der Waals surface area (Å²) >= 11 is 0. The number of hydrogen-bond donors (Lipinski definition) is 0. The molecule has 76 valence electrons. The van der Waals surface area contributed by atoms with E-state index >= 15 is 0 Å². The van der Waals surface area contributed by atoms with Crippen LogP contribution >= 0.6 is 0 Å². The van der Waals surface area contributed by atoms with Gasteiger partial charge in [-0.25, -0.2) is 4.79 Å². The van der Waals surface area contributed by atoms with Gasteiger partial charge in [-0.05, 0) is 19.4 Å². The molecule has 0 spiro atoms. The predicted molar refractivity (Wildman–Crippen MR) is 47.6 cm³/mol. The van der Waals surface area contributed by atoms with Crippen LogP contribution in [-0.2, 0) is 19.1 Å². The Morgan fingerprint density at radius 3 is 3.07 bits per heavy atom. The maximum absolute atomic E-state index is 11.5. The van der Waals surface area contributed by atoms with Crippen LogP contribution in [0.5, 0.6) is 0 Å². The van der Waals surface area contributed by atoms with Gasteiger partial charge in [-0.1, -0.05) is 0 Å². The number of carbonyl (C=O) groups excluding carboxylic acids is 2. The topological polar surface area (TPSA) is 52.6 Å². The highest BCUT2D eigenvalue weighted by atomic mass is 16.5. The van der Waals surface area contributed by atoms with E-state index in [-0.39, 0.29) is 5.78 Å². The van der Waals surface area contributed by atoms with Crippen LogP contribution in [0.4, 0.5) is 0 Å². The van der Waals surface area contributed by atoms with Gasteiger partial charge in [0.05, 0.1) is 18.3 Å². The molecule has 2 aliphatic rings. The molecular formula is C10H12O4. The first-order valence-corrected chi connectivity index (χ1v) is 4.57. The van der Waals surface area contributed by atoms with E-state index in [1.54, 1.807) is 6.08 Å². The van der Waals surface area contributed by atoms with Gasteiger partial charge in [0.25, 0.3) is 0 Å². The highest BCUT2D eigenvalue weighted by Crippen LogP contribution is 2.38. The molecule has 0 aromatic rings. The van der Waals surface area contributed by atoms with Gasteiger partial charge in [-0.3, -0.25) is 4.79 Å². The molecule has 2 heterocycles. The Morgan fingerprint density at radius 2 is 2.43 bits per heavy atom. The first kappa shape index (κ1) is 9.40. The average molecular weight is 196 g/mol. The van der Waals surface area contributed by atoms with E-state index in [0.29, 0.717) is 18.4 Å². The molecule has 0 aromatic heterocycles. The van der Waals surface area contributed by atoms with Crippen LogP contribution in [0.2, 0.25) is 0 Å². The van der Waals surface area contributed by atoms with Crippen molar-refractivity contribution in [2.24, 2.45) is 0 Å². The minimum absolute atomic E-state index is 0.0309. The van der Waals surface area contributed by atoms with Gasteiger partial charge in [0, 0.05) is 6.42 Å². The summed E-state index contributed by atoms with van der Waals surface area (Å²) in [6, 6.07) is 0. The number of rotatable bonds is 1. The summed E-state index contributed by atoms with van der Waals surface area (Å²) in [6.07, 6.45) is 2.14. The van der Waals surface area contributed by atoms with Gasteiger partial charge in [0.2, 0.25) is 0 Å². The fourth-order valence-electron chi connectivity index (χ4n) is 1.93. The zero-order valence-corrected chi connectivity index (χ0v) is 8.20. The summed E-state index contributed by atoms with van der Waals surface area (Å²) in [7, 11) is 1.30. The third kappa shape index (κ3) is 1.26. The Balaban J connectivity index is 2.33. The lowest BCUT2D eigenvalue weighted by Crippen LogP contribution is -2.37. The number of methoxy groups -OCH3 is 1. The smallest absolute Gasteiger partial charge is 0.336 e. The maximum Gasteiger partial charge on any atom is 0.336 e. The second kappa shape index (κ2) is 2.92. The molecule has 2 bridgehead atoms. The third-order valence-corrected chi connectivity index (χ3v) is 2.71. The monoisotopic (exact) mass is 196 g/mol. The second-order valence-electron chi connectivity index (χ2n) is 3.87. The van der Waals surface area contributed by atoms with Crippen molar-refractivity contribution in [3.63, 3.8) is 0 Å². The molecule has 0 aliphatic carbocycles. The number of fused-ring (bicyclic) bond motifs is 2. The van der Waals surface area contributed by atoms with Gasteiger partial charge in [0.1, 0.15) is 6.10 Å². The highest BCUT2D eigenvalue weighted by molar-refractivity contribution is 6.01. The van der Waals surface area contributed by atoms with Crippen molar-refractivity contribution in [1.29, 1.82) is 0 Å². The van der Waals surface area contributed by atoms with Crippen molar-refractivity contribution in [2.75, 3.05) is 7.11 Å². The van der Waals surface area contributed by atoms with E-state index in [4.69, 9.17) is 4.74 Å². The summed E-state index contributed by atoms with van der Waals surface area (Å²) in [4.78, 5) is 22.8. The van der Waals surface area contributed by atoms with Crippen LogP contribution in [0.3, 0.4) is 0 Å². The standard InChI is InChI=1S/C10H12O4/c1-10-4-3-7(11)8(14-10)6(5-10)9(12)13-2/h5,8H,3-4H2,1-2H3. The van der Waals surface area contributed by atoms with Gasteiger partial charge < -0.3 is 9.47 Å². The van der Waals surface area contributed by atoms with Crippen LogP contribution in [0.15, 0.2) is 11.6 Å². The average Bonchev–Trinajstić information content (AvgIpc) is 2.47. The van der Waals surface area contributed by atoms with Crippen LogP contribution in [0, 0.1) is 0 Å². The largest absolute Gasteiger partial charge is 0.466 e. The summed E-state index contributed by atoms with van der Waals surface area (Å²) in [5.41, 5.74) is -0.0975. The van der Waals surface area contributed by atoms with Crippen molar-refractivity contribution in [1.82, 2.24) is 0 Å². The molecule has 4 nitrogen and oxygen atoms in total. The Labute approximate surface area is 81.9 Å². The highest BCUT2D eigenvalue weighted by Gasteiger charge is 2.46.